The van der Waals surface area contributed by atoms with E-state index in [9.17, 15) is 19.3 Å². The molecule has 112 valence electrons. The third kappa shape index (κ3) is 2.22. The number of fused-ring (bicyclic) bond motifs is 1. The molecule has 2 aromatic heterocycles. The van der Waals surface area contributed by atoms with Gasteiger partial charge in [0.15, 0.2) is 0 Å². The maximum Gasteiger partial charge on any atom is 0.282 e. The van der Waals surface area contributed by atoms with Gasteiger partial charge in [-0.3, -0.25) is 14.9 Å². The molecule has 1 N–H and O–H groups in total. The fraction of sp³-hybridized carbons (Fsp3) is 0.154. The van der Waals surface area contributed by atoms with Crippen molar-refractivity contribution >= 4 is 16.5 Å². The summed E-state index contributed by atoms with van der Waals surface area (Å²) in [5, 5.41) is 17.2. The minimum absolute atomic E-state index is 0.0261. The van der Waals surface area contributed by atoms with Crippen molar-refractivity contribution in [3.8, 4) is 0 Å². The highest BCUT2D eigenvalue weighted by Crippen LogP contribution is 2.27. The third-order valence-electron chi connectivity index (χ3n) is 3.35. The lowest BCUT2D eigenvalue weighted by molar-refractivity contribution is -0.383. The van der Waals surface area contributed by atoms with Gasteiger partial charge < -0.3 is 4.57 Å². The molecule has 1 aromatic carbocycles. The number of nitrogens with one attached hydrogen (secondary N) is 1. The highest BCUT2D eigenvalue weighted by Gasteiger charge is 2.21. The van der Waals surface area contributed by atoms with Crippen molar-refractivity contribution in [2.75, 3.05) is 0 Å². The second-order valence-corrected chi connectivity index (χ2v) is 4.74. The molecule has 0 saturated heterocycles. The normalized spacial score (nSPS) is 11.0. The van der Waals surface area contributed by atoms with Crippen LogP contribution in [0.25, 0.3) is 10.8 Å². The number of aromatic nitrogens is 4. The van der Waals surface area contributed by atoms with E-state index in [1.54, 1.807) is 24.0 Å². The molecule has 9 heteroatoms. The van der Waals surface area contributed by atoms with Crippen LogP contribution in [-0.2, 0) is 13.5 Å². The number of aryl methyl sites for hydroxylation is 1. The summed E-state index contributed by atoms with van der Waals surface area (Å²) in [6.45, 7) is 0. The Balaban J connectivity index is 2.31. The minimum atomic E-state index is -0.848. The van der Waals surface area contributed by atoms with E-state index < -0.39 is 22.0 Å². The molecule has 0 radical (unpaired) electrons. The highest BCUT2D eigenvalue weighted by atomic mass is 19.1. The fourth-order valence-electron chi connectivity index (χ4n) is 2.30. The lowest BCUT2D eigenvalue weighted by Gasteiger charge is -2.06. The van der Waals surface area contributed by atoms with Gasteiger partial charge in [0.1, 0.15) is 11.6 Å². The second-order valence-electron chi connectivity index (χ2n) is 4.74. The van der Waals surface area contributed by atoms with Crippen LogP contribution in [0.15, 0.2) is 29.3 Å². The Morgan fingerprint density at radius 3 is 2.86 bits per heavy atom. The first-order valence-corrected chi connectivity index (χ1v) is 6.29. The van der Waals surface area contributed by atoms with Crippen molar-refractivity contribution < 1.29 is 9.31 Å². The molecule has 0 saturated carbocycles. The van der Waals surface area contributed by atoms with Gasteiger partial charge in [0.2, 0.25) is 0 Å². The molecule has 0 fully saturated rings. The molecule has 0 bridgehead atoms. The number of H-pyrrole nitrogens is 1. The fourth-order valence-corrected chi connectivity index (χ4v) is 2.30. The van der Waals surface area contributed by atoms with Crippen LogP contribution in [0.1, 0.15) is 11.5 Å². The predicted octanol–water partition coefficient (Wildman–Crippen LogP) is 1.29. The van der Waals surface area contributed by atoms with Crippen molar-refractivity contribution in [1.82, 2.24) is 19.7 Å². The van der Waals surface area contributed by atoms with Gasteiger partial charge in [0.25, 0.3) is 11.2 Å². The summed E-state index contributed by atoms with van der Waals surface area (Å²) < 4.78 is 15.2. The summed E-state index contributed by atoms with van der Waals surface area (Å²) in [6.07, 6.45) is 3.47. The summed E-state index contributed by atoms with van der Waals surface area (Å²) in [7, 11) is 1.77. The quantitative estimate of drug-likeness (QED) is 0.579. The van der Waals surface area contributed by atoms with Crippen LogP contribution >= 0.6 is 0 Å². The number of hydrogen-bond acceptors (Lipinski definition) is 5. The minimum Gasteiger partial charge on any atom is -0.338 e. The number of halogens is 1. The molecular weight excluding hydrogens is 293 g/mol. The van der Waals surface area contributed by atoms with Crippen LogP contribution in [0.3, 0.4) is 0 Å². The van der Waals surface area contributed by atoms with Crippen molar-refractivity contribution in [2.45, 2.75) is 6.42 Å². The van der Waals surface area contributed by atoms with Crippen LogP contribution in [0.5, 0.6) is 0 Å². The monoisotopic (exact) mass is 303 g/mol. The second kappa shape index (κ2) is 5.02. The summed E-state index contributed by atoms with van der Waals surface area (Å²) in [4.78, 5) is 26.4. The first-order chi connectivity index (χ1) is 10.5. The van der Waals surface area contributed by atoms with Crippen LogP contribution in [0, 0.1) is 15.9 Å². The Morgan fingerprint density at radius 1 is 1.45 bits per heavy atom. The van der Waals surface area contributed by atoms with E-state index in [1.165, 1.54) is 0 Å². The average Bonchev–Trinajstić information content (AvgIpc) is 2.86. The van der Waals surface area contributed by atoms with E-state index >= 15 is 0 Å². The highest BCUT2D eigenvalue weighted by molar-refractivity contribution is 5.92. The summed E-state index contributed by atoms with van der Waals surface area (Å²) >= 11 is 0. The Bertz CT molecular complexity index is 946. The Hall–Kier alpha value is -3.10. The number of non-ortho nitro benzene ring substituents is 1. The van der Waals surface area contributed by atoms with Crippen molar-refractivity contribution in [3.63, 3.8) is 0 Å². The molecule has 0 aliphatic rings. The first-order valence-electron chi connectivity index (χ1n) is 6.29. The largest absolute Gasteiger partial charge is 0.338 e. The van der Waals surface area contributed by atoms with Gasteiger partial charge in [0.05, 0.1) is 33.9 Å². The van der Waals surface area contributed by atoms with E-state index in [-0.39, 0.29) is 22.9 Å². The predicted molar refractivity (Wildman–Crippen MR) is 75.0 cm³/mol. The number of rotatable bonds is 3. The van der Waals surface area contributed by atoms with Gasteiger partial charge >= 0.3 is 0 Å². The average molecular weight is 303 g/mol. The summed E-state index contributed by atoms with van der Waals surface area (Å²) in [5.41, 5.74) is -0.908. The van der Waals surface area contributed by atoms with Crippen LogP contribution in [0.2, 0.25) is 0 Å². The van der Waals surface area contributed by atoms with Gasteiger partial charge in [0, 0.05) is 19.4 Å². The van der Waals surface area contributed by atoms with Gasteiger partial charge in [-0.2, -0.15) is 5.10 Å². The zero-order chi connectivity index (χ0) is 15.9. The van der Waals surface area contributed by atoms with Gasteiger partial charge in [-0.1, -0.05) is 0 Å². The number of nitro benzene ring substituents is 1. The molecule has 3 rings (SSSR count). The number of benzene rings is 1. The van der Waals surface area contributed by atoms with Gasteiger partial charge in [-0.15, -0.1) is 0 Å². The maximum atomic E-state index is 13.5. The van der Waals surface area contributed by atoms with Crippen LogP contribution in [0.4, 0.5) is 10.1 Å². The number of nitrogens with zero attached hydrogens (tertiary/aromatic N) is 4. The van der Waals surface area contributed by atoms with Crippen LogP contribution in [-0.4, -0.2) is 24.7 Å². The van der Waals surface area contributed by atoms with Crippen molar-refractivity contribution in [3.05, 3.63) is 62.3 Å². The summed E-state index contributed by atoms with van der Waals surface area (Å²) in [6, 6.07) is 1.75. The van der Waals surface area contributed by atoms with Crippen molar-refractivity contribution in [2.24, 2.45) is 7.05 Å². The molecule has 0 aliphatic heterocycles. The first kappa shape index (κ1) is 13.9. The van der Waals surface area contributed by atoms with Gasteiger partial charge in [-0.25, -0.2) is 14.5 Å². The van der Waals surface area contributed by atoms with Crippen LogP contribution < -0.4 is 5.56 Å². The number of aromatic amines is 1. The Morgan fingerprint density at radius 2 is 2.23 bits per heavy atom. The van der Waals surface area contributed by atoms with Gasteiger partial charge in [-0.05, 0) is 6.07 Å². The molecular formula is C13H10FN5O3. The molecule has 22 heavy (non-hydrogen) atoms. The molecule has 0 spiro atoms. The smallest absolute Gasteiger partial charge is 0.282 e. The zero-order valence-corrected chi connectivity index (χ0v) is 11.4. The molecule has 0 aliphatic carbocycles. The Labute approximate surface area is 122 Å². The van der Waals surface area contributed by atoms with E-state index in [2.05, 4.69) is 15.2 Å². The zero-order valence-electron chi connectivity index (χ0n) is 11.4. The van der Waals surface area contributed by atoms with Crippen molar-refractivity contribution in [1.29, 1.82) is 0 Å². The maximum absolute atomic E-state index is 13.5. The van der Waals surface area contributed by atoms with E-state index in [1.807, 2.05) is 0 Å². The lowest BCUT2D eigenvalue weighted by atomic mass is 10.1. The molecule has 2 heterocycles. The molecule has 0 unspecified atom stereocenters. The van der Waals surface area contributed by atoms with E-state index in [4.69, 9.17) is 0 Å². The number of imidazole rings is 1. The topological polar surface area (TPSA) is 107 Å². The molecule has 0 amide bonds. The Kier molecular flexibility index (Phi) is 3.17. The molecule has 8 nitrogen and oxygen atoms in total. The molecule has 0 atom stereocenters. The summed E-state index contributed by atoms with van der Waals surface area (Å²) in [5.74, 6) is -0.238. The third-order valence-corrected chi connectivity index (χ3v) is 3.35. The lowest BCUT2D eigenvalue weighted by Crippen LogP contribution is -2.14. The number of hydrogen-bond donors (Lipinski definition) is 1. The van der Waals surface area contributed by atoms with E-state index in [0.29, 0.717) is 5.82 Å². The van der Waals surface area contributed by atoms with E-state index in [0.717, 1.165) is 12.1 Å². The number of nitro groups is 1. The molecule has 3 aromatic rings. The SMILES string of the molecule is Cn1ccnc1Cc1n[nH]c(=O)c2cc(F)cc([N+](=O)[O-])c12. The standard InChI is InChI=1S/C13H10FN5O3/c1-18-3-2-15-11(18)6-9-12-8(13(20)17-16-9)4-7(14)5-10(12)19(21)22/h2-5H,6H2,1H3,(H,17,20).